The van der Waals surface area contributed by atoms with Gasteiger partial charge in [0.15, 0.2) is 0 Å². The molecule has 0 spiro atoms. The van der Waals surface area contributed by atoms with E-state index in [1.165, 1.54) is 12.1 Å². The van der Waals surface area contributed by atoms with Crippen molar-refractivity contribution >= 4 is 21.8 Å². The van der Waals surface area contributed by atoms with Crippen LogP contribution in [0.5, 0.6) is 0 Å². The third-order valence-electron chi connectivity index (χ3n) is 5.46. The maximum atomic E-state index is 13.4. The molecular weight excluding hydrogens is 474 g/mol. The van der Waals surface area contributed by atoms with E-state index >= 15 is 0 Å². The predicted molar refractivity (Wildman–Crippen MR) is 130 cm³/mol. The summed E-state index contributed by atoms with van der Waals surface area (Å²) in [5.41, 5.74) is 1.35. The summed E-state index contributed by atoms with van der Waals surface area (Å²) < 4.78 is 32.7. The van der Waals surface area contributed by atoms with E-state index in [0.717, 1.165) is 35.7 Å². The molecule has 0 aliphatic heterocycles. The molecule has 11 heteroatoms. The first-order valence-electron chi connectivity index (χ1n) is 11.7. The van der Waals surface area contributed by atoms with Crippen molar-refractivity contribution in [3.63, 3.8) is 0 Å². The average molecular weight is 508 g/mol. The molecule has 1 aliphatic rings. The van der Waals surface area contributed by atoms with Gasteiger partial charge in [-0.15, -0.1) is 0 Å². The molecule has 3 rings (SSSR count). The van der Waals surface area contributed by atoms with Crippen LogP contribution in [-0.4, -0.2) is 67.6 Å². The first-order chi connectivity index (χ1) is 16.9. The molecule has 0 saturated heterocycles. The molecule has 1 amide bonds. The van der Waals surface area contributed by atoms with Crippen LogP contribution in [0.25, 0.3) is 0 Å². The number of alkyl carbamates (subject to hydrolysis) is 1. The lowest BCUT2D eigenvalue weighted by Gasteiger charge is -2.27. The fourth-order valence-electron chi connectivity index (χ4n) is 3.65. The number of aliphatic hydroxyl groups is 2. The number of hydroxylamine groups is 1. The number of carbonyl (C=O) groups is 1. The quantitative estimate of drug-likeness (QED) is 0.303. The minimum absolute atomic E-state index is 0.0131. The Labute approximate surface area is 205 Å². The van der Waals surface area contributed by atoms with Crippen molar-refractivity contribution in [2.24, 2.45) is 0 Å². The number of nitrogens with one attached hydrogen (secondary N) is 2. The number of rotatable bonds is 13. The van der Waals surface area contributed by atoms with E-state index in [-0.39, 0.29) is 43.8 Å². The number of sulfonamides is 1. The summed E-state index contributed by atoms with van der Waals surface area (Å²) >= 11 is 0. The normalized spacial score (nSPS) is 15.2. The van der Waals surface area contributed by atoms with E-state index in [9.17, 15) is 18.3 Å². The summed E-state index contributed by atoms with van der Waals surface area (Å²) in [4.78, 5) is 17.8. The first-order valence-corrected chi connectivity index (χ1v) is 13.1. The van der Waals surface area contributed by atoms with Gasteiger partial charge in [0.2, 0.25) is 0 Å². The Hall–Kier alpha value is -2.70. The summed E-state index contributed by atoms with van der Waals surface area (Å²) in [5.74, 6) is 0. The summed E-state index contributed by atoms with van der Waals surface area (Å²) in [7, 11) is -4.11. The second kappa shape index (κ2) is 13.4. The van der Waals surface area contributed by atoms with E-state index < -0.39 is 22.2 Å². The third-order valence-corrected chi connectivity index (χ3v) is 7.09. The lowest BCUT2D eigenvalue weighted by molar-refractivity contribution is -0.142. The van der Waals surface area contributed by atoms with Crippen LogP contribution in [0.4, 0.5) is 10.5 Å². The van der Waals surface area contributed by atoms with Crippen LogP contribution in [0.15, 0.2) is 59.5 Å². The van der Waals surface area contributed by atoms with Gasteiger partial charge in [0, 0.05) is 18.8 Å². The molecule has 1 fully saturated rings. The monoisotopic (exact) mass is 507 g/mol. The van der Waals surface area contributed by atoms with Gasteiger partial charge in [-0.05, 0) is 36.6 Å². The van der Waals surface area contributed by atoms with Crippen LogP contribution in [-0.2, 0) is 26.2 Å². The van der Waals surface area contributed by atoms with Gasteiger partial charge in [0.05, 0.1) is 30.3 Å². The Kier molecular flexibility index (Phi) is 10.3. The van der Waals surface area contributed by atoms with Crippen molar-refractivity contribution in [3.8, 4) is 0 Å². The molecule has 0 aromatic heterocycles. The average Bonchev–Trinajstić information content (AvgIpc) is 3.38. The van der Waals surface area contributed by atoms with Crippen LogP contribution < -0.4 is 10.6 Å². The second-order valence-corrected chi connectivity index (χ2v) is 10.1. The number of hydrogen-bond acceptors (Lipinski definition) is 8. The highest BCUT2D eigenvalue weighted by atomic mass is 32.2. The van der Waals surface area contributed by atoms with Gasteiger partial charge in [-0.25, -0.2) is 13.2 Å². The van der Waals surface area contributed by atoms with Gasteiger partial charge < -0.3 is 25.6 Å². The van der Waals surface area contributed by atoms with Gasteiger partial charge in [-0.1, -0.05) is 53.7 Å². The number of benzene rings is 2. The minimum Gasteiger partial charge on any atom is -0.445 e. The van der Waals surface area contributed by atoms with Crippen LogP contribution >= 0.6 is 0 Å². The zero-order chi connectivity index (χ0) is 25.1. The van der Waals surface area contributed by atoms with Crippen molar-refractivity contribution in [3.05, 3.63) is 60.2 Å². The number of nitrogens with zero attached hydrogens (tertiary/aromatic N) is 1. The Morgan fingerprint density at radius 1 is 1.11 bits per heavy atom. The number of amides is 1. The summed E-state index contributed by atoms with van der Waals surface area (Å²) in [6.07, 6.45) is 1.12. The molecule has 35 heavy (non-hydrogen) atoms. The van der Waals surface area contributed by atoms with Crippen molar-refractivity contribution in [2.75, 3.05) is 31.6 Å². The molecule has 4 N–H and O–H groups in total. The lowest BCUT2D eigenvalue weighted by Crippen LogP contribution is -2.44. The highest BCUT2D eigenvalue weighted by molar-refractivity contribution is 7.89. The van der Waals surface area contributed by atoms with Gasteiger partial charge in [-0.3, -0.25) is 4.84 Å². The maximum absolute atomic E-state index is 13.4. The highest BCUT2D eigenvalue weighted by Crippen LogP contribution is 2.26. The fraction of sp³-hybridized carbons (Fsp3) is 0.458. The standard InChI is InChI=1S/C24H33N3O7S/c28-14-13-25-20-9-6-12-23(15-20)35(31,32)27(34-22-10-4-5-11-22)17-21(29)16-26-24(30)33-18-19-7-2-1-3-8-19/h1-3,6-9,12,15,21-22,25,28-29H,4-5,10-11,13-14,16-18H2,(H,26,30). The van der Waals surface area contributed by atoms with E-state index in [1.807, 2.05) is 30.3 Å². The van der Waals surface area contributed by atoms with E-state index in [1.54, 1.807) is 12.1 Å². The van der Waals surface area contributed by atoms with Gasteiger partial charge in [0.25, 0.3) is 10.0 Å². The number of carbonyl (C=O) groups excluding carboxylic acids is 1. The molecule has 1 atom stereocenters. The van der Waals surface area contributed by atoms with Crippen molar-refractivity contribution in [2.45, 2.75) is 49.4 Å². The van der Waals surface area contributed by atoms with Crippen molar-refractivity contribution in [1.82, 2.24) is 9.79 Å². The van der Waals surface area contributed by atoms with Crippen LogP contribution in [0.1, 0.15) is 31.2 Å². The number of anilines is 1. The second-order valence-electron chi connectivity index (χ2n) is 8.28. The topological polar surface area (TPSA) is 137 Å². The Morgan fingerprint density at radius 3 is 2.57 bits per heavy atom. The zero-order valence-electron chi connectivity index (χ0n) is 19.5. The van der Waals surface area contributed by atoms with Crippen molar-refractivity contribution in [1.29, 1.82) is 0 Å². The molecular formula is C24H33N3O7S. The molecule has 1 unspecified atom stereocenters. The van der Waals surface area contributed by atoms with Gasteiger partial charge in [0.1, 0.15) is 6.61 Å². The SMILES string of the molecule is O=C(NCC(O)CN(OC1CCCC1)S(=O)(=O)c1cccc(NCCO)c1)OCc1ccccc1. The van der Waals surface area contributed by atoms with Crippen LogP contribution in [0.3, 0.4) is 0 Å². The van der Waals surface area contributed by atoms with Gasteiger partial charge in [-0.2, -0.15) is 0 Å². The molecule has 192 valence electrons. The molecule has 2 aromatic carbocycles. The number of aliphatic hydroxyl groups excluding tert-OH is 2. The summed E-state index contributed by atoms with van der Waals surface area (Å²) in [5, 5.41) is 24.9. The third kappa shape index (κ3) is 8.48. The maximum Gasteiger partial charge on any atom is 0.407 e. The highest BCUT2D eigenvalue weighted by Gasteiger charge is 2.32. The van der Waals surface area contributed by atoms with Crippen LogP contribution in [0.2, 0.25) is 0 Å². The predicted octanol–water partition coefficient (Wildman–Crippen LogP) is 2.24. The largest absolute Gasteiger partial charge is 0.445 e. The Morgan fingerprint density at radius 2 is 1.86 bits per heavy atom. The molecule has 1 saturated carbocycles. The Bertz CT molecular complexity index is 1030. The zero-order valence-corrected chi connectivity index (χ0v) is 20.3. The molecule has 10 nitrogen and oxygen atoms in total. The number of ether oxygens (including phenoxy) is 1. The van der Waals surface area contributed by atoms with Crippen LogP contribution in [0, 0.1) is 0 Å². The number of hydrogen-bond donors (Lipinski definition) is 4. The minimum atomic E-state index is -4.11. The fourth-order valence-corrected chi connectivity index (χ4v) is 5.02. The molecule has 0 heterocycles. The summed E-state index contributed by atoms with van der Waals surface area (Å²) in [6, 6.07) is 15.3. The summed E-state index contributed by atoms with van der Waals surface area (Å²) in [6.45, 7) is -0.329. The smallest absolute Gasteiger partial charge is 0.407 e. The molecule has 0 radical (unpaired) electrons. The van der Waals surface area contributed by atoms with E-state index in [4.69, 9.17) is 14.7 Å². The lowest BCUT2D eigenvalue weighted by atomic mass is 10.2. The molecule has 2 aromatic rings. The van der Waals surface area contributed by atoms with E-state index in [2.05, 4.69) is 10.6 Å². The van der Waals surface area contributed by atoms with Gasteiger partial charge >= 0.3 is 6.09 Å². The molecule has 1 aliphatic carbocycles. The first kappa shape index (κ1) is 26.9. The van der Waals surface area contributed by atoms with E-state index in [0.29, 0.717) is 5.69 Å². The molecule has 0 bridgehead atoms. The Balaban J connectivity index is 1.62. The van der Waals surface area contributed by atoms with Crippen molar-refractivity contribution < 1.29 is 33.0 Å².